The van der Waals surface area contributed by atoms with Gasteiger partial charge in [0.25, 0.3) is 0 Å². The van der Waals surface area contributed by atoms with Crippen LogP contribution in [0.2, 0.25) is 0 Å². The number of thiazole rings is 1. The fourth-order valence-corrected chi connectivity index (χ4v) is 3.68. The molecule has 0 saturated heterocycles. The topological polar surface area (TPSA) is 46.4 Å². The lowest BCUT2D eigenvalue weighted by molar-refractivity contribution is -0.121. The second-order valence-corrected chi connectivity index (χ2v) is 7.02. The molecular formula is C18H18FN3OS. The number of hydrogen-bond donors (Lipinski definition) is 1. The van der Waals surface area contributed by atoms with Gasteiger partial charge in [0.2, 0.25) is 5.91 Å². The maximum absolute atomic E-state index is 13.5. The van der Waals surface area contributed by atoms with Crippen LogP contribution in [-0.4, -0.2) is 15.3 Å². The summed E-state index contributed by atoms with van der Waals surface area (Å²) in [5.41, 5.74) is 2.79. The molecule has 0 radical (unpaired) electrons. The number of amides is 1. The van der Waals surface area contributed by atoms with Gasteiger partial charge < -0.3 is 5.32 Å². The summed E-state index contributed by atoms with van der Waals surface area (Å²) in [5.74, 6) is 0.275. The van der Waals surface area contributed by atoms with Gasteiger partial charge in [-0.05, 0) is 25.3 Å². The van der Waals surface area contributed by atoms with Crippen molar-refractivity contribution in [1.29, 1.82) is 0 Å². The molecule has 0 bridgehead atoms. The molecule has 3 aromatic rings. The lowest BCUT2D eigenvalue weighted by Gasteiger charge is -2.06. The van der Waals surface area contributed by atoms with Crippen molar-refractivity contribution in [3.8, 4) is 0 Å². The molecule has 1 aliphatic carbocycles. The highest BCUT2D eigenvalue weighted by molar-refractivity contribution is 7.15. The highest BCUT2D eigenvalue weighted by Gasteiger charge is 2.26. The molecular weight excluding hydrogens is 325 g/mol. The lowest BCUT2D eigenvalue weighted by Crippen LogP contribution is -2.23. The fraction of sp³-hybridized carbons (Fsp3) is 0.333. The Morgan fingerprint density at radius 3 is 3.00 bits per heavy atom. The van der Waals surface area contributed by atoms with Crippen molar-refractivity contribution in [2.24, 2.45) is 0 Å². The number of nitrogens with one attached hydrogen (secondary N) is 1. The van der Waals surface area contributed by atoms with Crippen LogP contribution in [0, 0.1) is 5.82 Å². The summed E-state index contributed by atoms with van der Waals surface area (Å²) >= 11 is 1.61. The van der Waals surface area contributed by atoms with E-state index in [0.29, 0.717) is 24.3 Å². The van der Waals surface area contributed by atoms with E-state index >= 15 is 0 Å². The smallest absolute Gasteiger partial charge is 0.220 e. The predicted octanol–water partition coefficient (Wildman–Crippen LogP) is 3.66. The first-order chi connectivity index (χ1) is 11.7. The van der Waals surface area contributed by atoms with E-state index in [0.717, 1.165) is 10.7 Å². The molecule has 0 aliphatic heterocycles. The first kappa shape index (κ1) is 15.3. The minimum absolute atomic E-state index is 0.0693. The van der Waals surface area contributed by atoms with Crippen LogP contribution in [0.1, 0.15) is 42.1 Å². The molecule has 0 unspecified atom stereocenters. The Bertz CT molecular complexity index is 881. The van der Waals surface area contributed by atoms with Crippen molar-refractivity contribution < 1.29 is 9.18 Å². The molecule has 1 fully saturated rings. The SMILES string of the molecule is O=C(CCc1csc2nc(C3CC3)cn12)NCc1ccccc1F. The number of rotatable bonds is 6. The molecule has 24 heavy (non-hydrogen) atoms. The summed E-state index contributed by atoms with van der Waals surface area (Å²) in [6.07, 6.45) is 5.62. The van der Waals surface area contributed by atoms with Crippen LogP contribution < -0.4 is 5.32 Å². The van der Waals surface area contributed by atoms with Gasteiger partial charge in [0.1, 0.15) is 5.82 Å². The number of benzene rings is 1. The average Bonchev–Trinajstić information content (AvgIpc) is 3.23. The minimum atomic E-state index is -0.289. The molecule has 1 N–H and O–H groups in total. The Morgan fingerprint density at radius 1 is 1.38 bits per heavy atom. The van der Waals surface area contributed by atoms with Gasteiger partial charge in [-0.25, -0.2) is 9.37 Å². The van der Waals surface area contributed by atoms with Gasteiger partial charge in [-0.2, -0.15) is 0 Å². The second kappa shape index (κ2) is 6.36. The predicted molar refractivity (Wildman–Crippen MR) is 91.6 cm³/mol. The molecule has 0 atom stereocenters. The first-order valence-electron chi connectivity index (χ1n) is 8.16. The van der Waals surface area contributed by atoms with Crippen LogP contribution in [0.4, 0.5) is 4.39 Å². The largest absolute Gasteiger partial charge is 0.352 e. The molecule has 6 heteroatoms. The monoisotopic (exact) mass is 343 g/mol. The van der Waals surface area contributed by atoms with E-state index in [2.05, 4.69) is 26.3 Å². The maximum atomic E-state index is 13.5. The van der Waals surface area contributed by atoms with Crippen molar-refractivity contribution in [2.75, 3.05) is 0 Å². The molecule has 2 aromatic heterocycles. The second-order valence-electron chi connectivity index (χ2n) is 6.19. The van der Waals surface area contributed by atoms with Crippen LogP contribution in [-0.2, 0) is 17.8 Å². The number of aryl methyl sites for hydroxylation is 1. The maximum Gasteiger partial charge on any atom is 0.220 e. The first-order valence-corrected chi connectivity index (χ1v) is 9.04. The zero-order valence-electron chi connectivity index (χ0n) is 13.2. The Hall–Kier alpha value is -2.21. The van der Waals surface area contributed by atoms with Crippen LogP contribution in [0.3, 0.4) is 0 Å². The van der Waals surface area contributed by atoms with Gasteiger partial charge in [0.15, 0.2) is 4.96 Å². The zero-order valence-corrected chi connectivity index (χ0v) is 14.0. The number of fused-ring (bicyclic) bond motifs is 1. The molecule has 1 saturated carbocycles. The van der Waals surface area contributed by atoms with Gasteiger partial charge in [0.05, 0.1) is 5.69 Å². The number of carbonyl (C=O) groups excluding carboxylic acids is 1. The van der Waals surface area contributed by atoms with Crippen molar-refractivity contribution in [2.45, 2.75) is 38.1 Å². The number of carbonyl (C=O) groups is 1. The third kappa shape index (κ3) is 3.19. The molecule has 1 aliphatic rings. The van der Waals surface area contributed by atoms with E-state index in [1.807, 2.05) is 0 Å². The highest BCUT2D eigenvalue weighted by Crippen LogP contribution is 2.40. The van der Waals surface area contributed by atoms with Crippen LogP contribution >= 0.6 is 11.3 Å². The summed E-state index contributed by atoms with van der Waals surface area (Å²) in [6, 6.07) is 6.50. The van der Waals surface area contributed by atoms with Crippen molar-refractivity contribution in [3.05, 3.63) is 58.6 Å². The molecule has 4 rings (SSSR count). The van der Waals surface area contributed by atoms with Gasteiger partial charge in [-0.3, -0.25) is 9.20 Å². The Kier molecular flexibility index (Phi) is 4.06. The van der Waals surface area contributed by atoms with Crippen molar-refractivity contribution in [1.82, 2.24) is 14.7 Å². The number of imidazole rings is 1. The summed E-state index contributed by atoms with van der Waals surface area (Å²) in [5, 5.41) is 4.84. The summed E-state index contributed by atoms with van der Waals surface area (Å²) in [4.78, 5) is 17.7. The lowest BCUT2D eigenvalue weighted by atomic mass is 10.2. The Morgan fingerprint density at radius 2 is 2.21 bits per heavy atom. The molecule has 1 aromatic carbocycles. The Labute approximate surface area is 143 Å². The van der Waals surface area contributed by atoms with E-state index < -0.39 is 0 Å². The molecule has 1 amide bonds. The number of hydrogen-bond acceptors (Lipinski definition) is 3. The van der Waals surface area contributed by atoms with Gasteiger partial charge in [0, 0.05) is 41.7 Å². The van der Waals surface area contributed by atoms with Gasteiger partial charge in [-0.1, -0.05) is 18.2 Å². The zero-order chi connectivity index (χ0) is 16.5. The molecule has 124 valence electrons. The average molecular weight is 343 g/mol. The molecule has 4 nitrogen and oxygen atoms in total. The van der Waals surface area contributed by atoms with Crippen molar-refractivity contribution >= 4 is 22.2 Å². The number of aromatic nitrogens is 2. The third-order valence-corrected chi connectivity index (χ3v) is 5.23. The standard InChI is InChI=1S/C18H18FN3OS/c19-15-4-2-1-3-13(15)9-20-17(23)8-7-14-11-24-18-21-16(10-22(14)18)12-5-6-12/h1-4,10-12H,5-9H2,(H,20,23). The van der Waals surface area contributed by atoms with E-state index in [1.54, 1.807) is 29.5 Å². The van der Waals surface area contributed by atoms with E-state index in [9.17, 15) is 9.18 Å². The minimum Gasteiger partial charge on any atom is -0.352 e. The number of halogens is 1. The fourth-order valence-electron chi connectivity index (χ4n) is 2.77. The summed E-state index contributed by atoms with van der Waals surface area (Å²) in [7, 11) is 0. The van der Waals surface area contributed by atoms with E-state index in [4.69, 9.17) is 0 Å². The quantitative estimate of drug-likeness (QED) is 0.742. The van der Waals surface area contributed by atoms with Crippen LogP contribution in [0.5, 0.6) is 0 Å². The van der Waals surface area contributed by atoms with Crippen LogP contribution in [0.25, 0.3) is 4.96 Å². The number of nitrogens with zero attached hydrogens (tertiary/aromatic N) is 2. The molecule has 0 spiro atoms. The van der Waals surface area contributed by atoms with Gasteiger partial charge >= 0.3 is 0 Å². The van der Waals surface area contributed by atoms with Gasteiger partial charge in [-0.15, -0.1) is 11.3 Å². The van der Waals surface area contributed by atoms with E-state index in [1.165, 1.54) is 24.6 Å². The third-order valence-electron chi connectivity index (χ3n) is 4.34. The van der Waals surface area contributed by atoms with Crippen molar-refractivity contribution in [3.63, 3.8) is 0 Å². The normalized spacial score (nSPS) is 14.2. The molecule has 2 heterocycles. The summed E-state index contributed by atoms with van der Waals surface area (Å²) in [6.45, 7) is 0.224. The Balaban J connectivity index is 1.34. The van der Waals surface area contributed by atoms with E-state index in [-0.39, 0.29) is 18.3 Å². The summed E-state index contributed by atoms with van der Waals surface area (Å²) < 4.78 is 15.6. The highest BCUT2D eigenvalue weighted by atomic mass is 32.1. The van der Waals surface area contributed by atoms with Crippen LogP contribution in [0.15, 0.2) is 35.8 Å².